The Hall–Kier alpha value is -2.09. The van der Waals surface area contributed by atoms with Crippen molar-refractivity contribution in [1.29, 1.82) is 0 Å². The van der Waals surface area contributed by atoms with Gasteiger partial charge in [0.1, 0.15) is 24.0 Å². The Morgan fingerprint density at radius 3 is 2.70 bits per heavy atom. The molecule has 142 valence electrons. The zero-order valence-corrected chi connectivity index (χ0v) is 17.0. The number of hydrogen-bond acceptors (Lipinski definition) is 7. The molecule has 0 saturated carbocycles. The normalized spacial score (nSPS) is 14.1. The largest absolute Gasteiger partial charge is 0.496 e. The standard InChI is InChI=1S/C20H22N2O3S2/c1-13-11-27-20(22-13)16(7-14-3-6-26-12-14)21-10-15-8-18-19(9-17(15)23-2)25-5-4-24-18/h3,6,8-9,11-12,16,21H,4-5,7,10H2,1-2H3/t16-/m0/s1. The molecule has 3 heterocycles. The summed E-state index contributed by atoms with van der Waals surface area (Å²) in [6.07, 6.45) is 0.906. The van der Waals surface area contributed by atoms with Crippen LogP contribution in [0.5, 0.6) is 17.2 Å². The summed E-state index contributed by atoms with van der Waals surface area (Å²) in [5, 5.41) is 11.2. The van der Waals surface area contributed by atoms with E-state index in [1.54, 1.807) is 29.8 Å². The average Bonchev–Trinajstić information content (AvgIpc) is 3.36. The molecule has 7 heteroatoms. The number of aromatic nitrogens is 1. The van der Waals surface area contributed by atoms with Crippen LogP contribution in [0.25, 0.3) is 0 Å². The Kier molecular flexibility index (Phi) is 5.61. The molecule has 1 aliphatic heterocycles. The first-order chi connectivity index (χ1) is 13.2. The number of thiazole rings is 1. The molecule has 0 fully saturated rings. The van der Waals surface area contributed by atoms with E-state index in [2.05, 4.69) is 27.5 Å². The molecule has 0 spiro atoms. The summed E-state index contributed by atoms with van der Waals surface area (Å²) in [5.41, 5.74) is 3.42. The summed E-state index contributed by atoms with van der Waals surface area (Å²) in [7, 11) is 1.68. The van der Waals surface area contributed by atoms with Crippen LogP contribution in [0.15, 0.2) is 34.3 Å². The van der Waals surface area contributed by atoms with E-state index in [0.717, 1.165) is 39.9 Å². The molecule has 1 aromatic carbocycles. The molecule has 1 N–H and O–H groups in total. The van der Waals surface area contributed by atoms with Crippen LogP contribution >= 0.6 is 22.7 Å². The number of aryl methyl sites for hydroxylation is 1. The van der Waals surface area contributed by atoms with Crippen molar-refractivity contribution in [3.63, 3.8) is 0 Å². The van der Waals surface area contributed by atoms with Gasteiger partial charge < -0.3 is 19.5 Å². The van der Waals surface area contributed by atoms with Gasteiger partial charge in [0.05, 0.1) is 13.2 Å². The van der Waals surface area contributed by atoms with E-state index < -0.39 is 0 Å². The van der Waals surface area contributed by atoms with Crippen molar-refractivity contribution in [2.75, 3.05) is 20.3 Å². The van der Waals surface area contributed by atoms with Gasteiger partial charge in [-0.05, 0) is 41.8 Å². The van der Waals surface area contributed by atoms with Crippen molar-refractivity contribution in [1.82, 2.24) is 10.3 Å². The SMILES string of the molecule is COc1cc2c(cc1CN[C@@H](Cc1ccsc1)c1nc(C)cs1)OCCO2. The van der Waals surface area contributed by atoms with Crippen LogP contribution in [-0.2, 0) is 13.0 Å². The molecule has 0 saturated heterocycles. The predicted molar refractivity (Wildman–Crippen MR) is 108 cm³/mol. The number of fused-ring (bicyclic) bond motifs is 1. The summed E-state index contributed by atoms with van der Waals surface area (Å²) in [6, 6.07) is 6.24. The fraction of sp³-hybridized carbons (Fsp3) is 0.350. The summed E-state index contributed by atoms with van der Waals surface area (Å²) in [6.45, 7) is 3.84. The highest BCUT2D eigenvalue weighted by Gasteiger charge is 2.19. The maximum absolute atomic E-state index is 5.73. The lowest BCUT2D eigenvalue weighted by Crippen LogP contribution is -2.23. The minimum Gasteiger partial charge on any atom is -0.496 e. The molecule has 0 amide bonds. The second kappa shape index (κ2) is 8.29. The third-order valence-corrected chi connectivity index (χ3v) is 6.25. The number of nitrogens with zero attached hydrogens (tertiary/aromatic N) is 1. The van der Waals surface area contributed by atoms with Gasteiger partial charge in [-0.2, -0.15) is 11.3 Å². The molecule has 0 radical (unpaired) electrons. The zero-order chi connectivity index (χ0) is 18.6. The van der Waals surface area contributed by atoms with Crippen molar-refractivity contribution in [2.24, 2.45) is 0 Å². The highest BCUT2D eigenvalue weighted by atomic mass is 32.1. The third kappa shape index (κ3) is 4.26. The monoisotopic (exact) mass is 402 g/mol. The fourth-order valence-corrected chi connectivity index (χ4v) is 4.65. The van der Waals surface area contributed by atoms with Gasteiger partial charge in [-0.25, -0.2) is 4.98 Å². The average molecular weight is 403 g/mol. The minimum absolute atomic E-state index is 0.149. The number of benzene rings is 1. The topological polar surface area (TPSA) is 52.6 Å². The number of thiophene rings is 1. The maximum Gasteiger partial charge on any atom is 0.165 e. The summed E-state index contributed by atoms with van der Waals surface area (Å²) < 4.78 is 17.0. The Morgan fingerprint density at radius 2 is 2.04 bits per heavy atom. The highest BCUT2D eigenvalue weighted by Crippen LogP contribution is 2.37. The van der Waals surface area contributed by atoms with Gasteiger partial charge in [0.2, 0.25) is 0 Å². The zero-order valence-electron chi connectivity index (χ0n) is 15.4. The van der Waals surface area contributed by atoms with E-state index in [4.69, 9.17) is 19.2 Å². The molecule has 1 atom stereocenters. The Labute approximate surface area is 166 Å². The molecular weight excluding hydrogens is 380 g/mol. The van der Waals surface area contributed by atoms with E-state index in [0.29, 0.717) is 19.8 Å². The van der Waals surface area contributed by atoms with Crippen LogP contribution in [0.2, 0.25) is 0 Å². The first-order valence-electron chi connectivity index (χ1n) is 8.86. The van der Waals surface area contributed by atoms with Gasteiger partial charge >= 0.3 is 0 Å². The minimum atomic E-state index is 0.149. The number of ether oxygens (including phenoxy) is 3. The number of rotatable bonds is 7. The van der Waals surface area contributed by atoms with Crippen LogP contribution in [0.4, 0.5) is 0 Å². The second-order valence-corrected chi connectivity index (χ2v) is 8.07. The Balaban J connectivity index is 1.55. The van der Waals surface area contributed by atoms with Crippen molar-refractivity contribution in [2.45, 2.75) is 25.9 Å². The van der Waals surface area contributed by atoms with Crippen molar-refractivity contribution >= 4 is 22.7 Å². The van der Waals surface area contributed by atoms with Crippen LogP contribution < -0.4 is 19.5 Å². The van der Waals surface area contributed by atoms with E-state index in [1.165, 1.54) is 5.56 Å². The van der Waals surface area contributed by atoms with Crippen molar-refractivity contribution in [3.8, 4) is 17.2 Å². The molecule has 0 bridgehead atoms. The first kappa shape index (κ1) is 18.3. The summed E-state index contributed by atoms with van der Waals surface area (Å²) in [4.78, 5) is 4.70. The molecule has 2 aromatic heterocycles. The lowest BCUT2D eigenvalue weighted by molar-refractivity contribution is 0.170. The van der Waals surface area contributed by atoms with Gasteiger partial charge in [-0.3, -0.25) is 0 Å². The smallest absolute Gasteiger partial charge is 0.165 e. The Bertz CT molecular complexity index is 893. The quantitative estimate of drug-likeness (QED) is 0.636. The van der Waals surface area contributed by atoms with E-state index in [1.807, 2.05) is 19.1 Å². The molecular formula is C20H22N2O3S2. The van der Waals surface area contributed by atoms with Gasteiger partial charge in [-0.15, -0.1) is 11.3 Å². The first-order valence-corrected chi connectivity index (χ1v) is 10.7. The third-order valence-electron chi connectivity index (χ3n) is 4.44. The van der Waals surface area contributed by atoms with Crippen LogP contribution in [0.3, 0.4) is 0 Å². The van der Waals surface area contributed by atoms with E-state index in [-0.39, 0.29) is 6.04 Å². The highest BCUT2D eigenvalue weighted by molar-refractivity contribution is 7.09. The lowest BCUT2D eigenvalue weighted by Gasteiger charge is -2.22. The number of hydrogen-bond donors (Lipinski definition) is 1. The molecule has 5 nitrogen and oxygen atoms in total. The number of nitrogens with one attached hydrogen (secondary N) is 1. The fourth-order valence-electron chi connectivity index (χ4n) is 3.10. The van der Waals surface area contributed by atoms with Crippen LogP contribution in [-0.4, -0.2) is 25.3 Å². The predicted octanol–water partition coefficient (Wildman–Crippen LogP) is 4.37. The molecule has 1 aliphatic rings. The van der Waals surface area contributed by atoms with Crippen LogP contribution in [0.1, 0.15) is 27.9 Å². The van der Waals surface area contributed by atoms with Crippen molar-refractivity contribution in [3.05, 3.63) is 56.2 Å². The van der Waals surface area contributed by atoms with Gasteiger partial charge in [0.15, 0.2) is 11.5 Å². The Morgan fingerprint density at radius 1 is 1.22 bits per heavy atom. The summed E-state index contributed by atoms with van der Waals surface area (Å²) in [5.74, 6) is 2.32. The molecule has 0 unspecified atom stereocenters. The molecule has 0 aliphatic carbocycles. The van der Waals surface area contributed by atoms with Gasteiger partial charge in [0.25, 0.3) is 0 Å². The maximum atomic E-state index is 5.73. The molecule has 27 heavy (non-hydrogen) atoms. The van der Waals surface area contributed by atoms with E-state index in [9.17, 15) is 0 Å². The summed E-state index contributed by atoms with van der Waals surface area (Å²) >= 11 is 3.42. The number of methoxy groups -OCH3 is 1. The van der Waals surface area contributed by atoms with Crippen LogP contribution in [0, 0.1) is 6.92 Å². The van der Waals surface area contributed by atoms with Crippen molar-refractivity contribution < 1.29 is 14.2 Å². The molecule has 4 rings (SSSR count). The second-order valence-electron chi connectivity index (χ2n) is 6.40. The van der Waals surface area contributed by atoms with Gasteiger partial charge in [0, 0.05) is 29.2 Å². The lowest BCUT2D eigenvalue weighted by atomic mass is 10.1. The molecule has 3 aromatic rings. The van der Waals surface area contributed by atoms with Gasteiger partial charge in [-0.1, -0.05) is 0 Å². The van der Waals surface area contributed by atoms with E-state index >= 15 is 0 Å².